The second-order valence-corrected chi connectivity index (χ2v) is 6.42. The maximum Gasteiger partial charge on any atom is 0.262 e. The third-order valence-corrected chi connectivity index (χ3v) is 4.57. The molecule has 0 fully saturated rings. The van der Waals surface area contributed by atoms with Crippen molar-refractivity contribution in [2.75, 3.05) is 0 Å². The van der Waals surface area contributed by atoms with Gasteiger partial charge in [-0.3, -0.25) is 19.3 Å². The van der Waals surface area contributed by atoms with E-state index in [9.17, 15) is 14.4 Å². The standard InChI is InChI=1S/C19H17ClN2O3/c1-11(13-7-9-14(20)10-8-13)21-17(23)12(2)22-18(24)15-5-3-4-6-16(15)19(22)25/h3-12H,1-2H3,(H,21,23)/t11-,12+/m1/s1. The number of nitrogens with zero attached hydrogens (tertiary/aromatic N) is 1. The van der Waals surface area contributed by atoms with Crippen LogP contribution in [-0.2, 0) is 4.79 Å². The maximum absolute atomic E-state index is 12.5. The molecule has 0 aromatic heterocycles. The van der Waals surface area contributed by atoms with Gasteiger partial charge in [0.05, 0.1) is 17.2 Å². The van der Waals surface area contributed by atoms with Crippen molar-refractivity contribution >= 4 is 29.3 Å². The summed E-state index contributed by atoms with van der Waals surface area (Å²) < 4.78 is 0. The zero-order valence-electron chi connectivity index (χ0n) is 13.8. The first-order valence-corrected chi connectivity index (χ1v) is 8.30. The van der Waals surface area contributed by atoms with Crippen molar-refractivity contribution in [3.63, 3.8) is 0 Å². The smallest absolute Gasteiger partial charge is 0.262 e. The summed E-state index contributed by atoms with van der Waals surface area (Å²) in [6.07, 6.45) is 0. The predicted molar refractivity (Wildman–Crippen MR) is 94.4 cm³/mol. The molecule has 1 aliphatic rings. The Hall–Kier alpha value is -2.66. The van der Waals surface area contributed by atoms with E-state index in [1.54, 1.807) is 43.3 Å². The Morgan fingerprint density at radius 3 is 2.00 bits per heavy atom. The summed E-state index contributed by atoms with van der Waals surface area (Å²) >= 11 is 5.87. The lowest BCUT2D eigenvalue weighted by atomic mass is 10.1. The molecule has 3 rings (SSSR count). The number of hydrogen-bond acceptors (Lipinski definition) is 3. The predicted octanol–water partition coefficient (Wildman–Crippen LogP) is 3.20. The first-order valence-electron chi connectivity index (χ1n) is 7.93. The summed E-state index contributed by atoms with van der Waals surface area (Å²) in [5.74, 6) is -1.28. The van der Waals surface area contributed by atoms with Crippen LogP contribution in [0, 0.1) is 0 Å². The first-order chi connectivity index (χ1) is 11.9. The number of carbonyl (C=O) groups is 3. The maximum atomic E-state index is 12.5. The van der Waals surface area contributed by atoms with Gasteiger partial charge in [0.15, 0.2) is 0 Å². The lowest BCUT2D eigenvalue weighted by Crippen LogP contribution is -2.48. The van der Waals surface area contributed by atoms with Gasteiger partial charge >= 0.3 is 0 Å². The zero-order valence-corrected chi connectivity index (χ0v) is 14.6. The molecular formula is C19H17ClN2O3. The van der Waals surface area contributed by atoms with E-state index >= 15 is 0 Å². The van der Waals surface area contributed by atoms with Crippen LogP contribution in [0.2, 0.25) is 5.02 Å². The third kappa shape index (κ3) is 3.15. The van der Waals surface area contributed by atoms with Crippen LogP contribution < -0.4 is 5.32 Å². The van der Waals surface area contributed by atoms with E-state index in [1.807, 2.05) is 19.1 Å². The summed E-state index contributed by atoms with van der Waals surface area (Å²) in [5, 5.41) is 3.44. The third-order valence-electron chi connectivity index (χ3n) is 4.32. The van der Waals surface area contributed by atoms with Gasteiger partial charge in [0, 0.05) is 5.02 Å². The molecule has 0 unspecified atom stereocenters. The molecule has 1 N–H and O–H groups in total. The number of benzene rings is 2. The molecule has 25 heavy (non-hydrogen) atoms. The summed E-state index contributed by atoms with van der Waals surface area (Å²) in [6.45, 7) is 3.38. The van der Waals surface area contributed by atoms with Crippen LogP contribution >= 0.6 is 11.6 Å². The lowest BCUT2D eigenvalue weighted by Gasteiger charge is -2.24. The van der Waals surface area contributed by atoms with Crippen molar-refractivity contribution in [2.45, 2.75) is 25.9 Å². The van der Waals surface area contributed by atoms with Gasteiger partial charge in [0.25, 0.3) is 11.8 Å². The Morgan fingerprint density at radius 1 is 0.960 bits per heavy atom. The number of amides is 3. The molecule has 0 aliphatic carbocycles. The molecule has 0 radical (unpaired) electrons. The summed E-state index contributed by atoms with van der Waals surface area (Å²) in [4.78, 5) is 38.5. The van der Waals surface area contributed by atoms with E-state index in [-0.39, 0.29) is 6.04 Å². The van der Waals surface area contributed by atoms with Crippen molar-refractivity contribution in [2.24, 2.45) is 0 Å². The Labute approximate surface area is 150 Å². The minimum Gasteiger partial charge on any atom is -0.348 e. The van der Waals surface area contributed by atoms with Crippen molar-refractivity contribution in [3.8, 4) is 0 Å². The van der Waals surface area contributed by atoms with Crippen LogP contribution in [0.1, 0.15) is 46.2 Å². The van der Waals surface area contributed by atoms with Crippen LogP contribution in [-0.4, -0.2) is 28.7 Å². The van der Waals surface area contributed by atoms with E-state index in [1.165, 1.54) is 0 Å². The monoisotopic (exact) mass is 356 g/mol. The van der Waals surface area contributed by atoms with Crippen LogP contribution in [0.5, 0.6) is 0 Å². The van der Waals surface area contributed by atoms with Gasteiger partial charge in [-0.05, 0) is 43.7 Å². The van der Waals surface area contributed by atoms with Crippen LogP contribution in [0.15, 0.2) is 48.5 Å². The van der Waals surface area contributed by atoms with Gasteiger partial charge in [-0.15, -0.1) is 0 Å². The van der Waals surface area contributed by atoms with Gasteiger partial charge in [-0.25, -0.2) is 0 Å². The second kappa shape index (κ2) is 6.69. The number of carbonyl (C=O) groups excluding carboxylic acids is 3. The summed E-state index contributed by atoms with van der Waals surface area (Å²) in [5.41, 5.74) is 1.54. The molecule has 1 aliphatic heterocycles. The average molecular weight is 357 g/mol. The highest BCUT2D eigenvalue weighted by atomic mass is 35.5. The Kier molecular flexibility index (Phi) is 4.59. The van der Waals surface area contributed by atoms with Gasteiger partial charge in [0.2, 0.25) is 5.91 Å². The minimum atomic E-state index is -0.901. The summed E-state index contributed by atoms with van der Waals surface area (Å²) in [7, 11) is 0. The molecule has 0 spiro atoms. The summed E-state index contributed by atoms with van der Waals surface area (Å²) in [6, 6.07) is 12.5. The number of nitrogens with one attached hydrogen (secondary N) is 1. The molecule has 0 saturated heterocycles. The molecule has 6 heteroatoms. The highest BCUT2D eigenvalue weighted by Gasteiger charge is 2.40. The highest BCUT2D eigenvalue weighted by Crippen LogP contribution is 2.25. The van der Waals surface area contributed by atoms with Gasteiger partial charge < -0.3 is 5.32 Å². The van der Waals surface area contributed by atoms with Crippen molar-refractivity contribution < 1.29 is 14.4 Å². The molecule has 2 aromatic carbocycles. The van der Waals surface area contributed by atoms with Gasteiger partial charge in [-0.2, -0.15) is 0 Å². The number of imide groups is 1. The molecule has 128 valence electrons. The van der Waals surface area contributed by atoms with Crippen LogP contribution in [0.3, 0.4) is 0 Å². The Bertz CT molecular complexity index is 813. The molecule has 0 saturated carbocycles. The Balaban J connectivity index is 1.74. The average Bonchev–Trinajstić information content (AvgIpc) is 2.86. The van der Waals surface area contributed by atoms with Crippen molar-refractivity contribution in [1.29, 1.82) is 0 Å². The van der Waals surface area contributed by atoms with Gasteiger partial charge in [-0.1, -0.05) is 35.9 Å². The van der Waals surface area contributed by atoms with Crippen molar-refractivity contribution in [1.82, 2.24) is 10.2 Å². The highest BCUT2D eigenvalue weighted by molar-refractivity contribution is 6.30. The van der Waals surface area contributed by atoms with E-state index in [2.05, 4.69) is 5.32 Å². The van der Waals surface area contributed by atoms with E-state index in [4.69, 9.17) is 11.6 Å². The number of hydrogen-bond donors (Lipinski definition) is 1. The van der Waals surface area contributed by atoms with Crippen LogP contribution in [0.25, 0.3) is 0 Å². The molecule has 2 atom stereocenters. The molecule has 1 heterocycles. The molecular weight excluding hydrogens is 340 g/mol. The Morgan fingerprint density at radius 2 is 1.48 bits per heavy atom. The van der Waals surface area contributed by atoms with Crippen molar-refractivity contribution in [3.05, 3.63) is 70.2 Å². The molecule has 0 bridgehead atoms. The SMILES string of the molecule is C[C@@H](NC(=O)[C@H](C)N1C(=O)c2ccccc2C1=O)c1ccc(Cl)cc1. The topological polar surface area (TPSA) is 66.5 Å². The van der Waals surface area contributed by atoms with Gasteiger partial charge in [0.1, 0.15) is 6.04 Å². The largest absolute Gasteiger partial charge is 0.348 e. The van der Waals surface area contributed by atoms with E-state index < -0.39 is 23.8 Å². The fraction of sp³-hybridized carbons (Fsp3) is 0.211. The van der Waals surface area contributed by atoms with E-state index in [0.29, 0.717) is 16.1 Å². The first kappa shape index (κ1) is 17.2. The van der Waals surface area contributed by atoms with E-state index in [0.717, 1.165) is 10.5 Å². The molecule has 2 aromatic rings. The minimum absolute atomic E-state index is 0.276. The zero-order chi connectivity index (χ0) is 18.1. The second-order valence-electron chi connectivity index (χ2n) is 5.98. The quantitative estimate of drug-likeness (QED) is 0.855. The molecule has 3 amide bonds. The fourth-order valence-corrected chi connectivity index (χ4v) is 2.97. The normalized spacial score (nSPS) is 15.7. The molecule has 5 nitrogen and oxygen atoms in total. The fourth-order valence-electron chi connectivity index (χ4n) is 2.85. The number of fused-ring (bicyclic) bond motifs is 1. The lowest BCUT2D eigenvalue weighted by molar-refractivity contribution is -0.125. The number of rotatable bonds is 4. The number of halogens is 1. The van der Waals surface area contributed by atoms with Crippen LogP contribution in [0.4, 0.5) is 0 Å².